The Morgan fingerprint density at radius 3 is 2.33 bits per heavy atom. The van der Waals surface area contributed by atoms with E-state index in [-0.39, 0.29) is 11.2 Å². The predicted molar refractivity (Wildman–Crippen MR) is 88.3 cm³/mol. The van der Waals surface area contributed by atoms with Crippen LogP contribution in [0.5, 0.6) is 0 Å². The summed E-state index contributed by atoms with van der Waals surface area (Å²) in [6.07, 6.45) is 1.84. The Kier molecular flexibility index (Phi) is 3.65. The van der Waals surface area contributed by atoms with E-state index in [2.05, 4.69) is 4.98 Å². The molecule has 0 amide bonds. The second-order valence-corrected chi connectivity index (χ2v) is 7.48. The highest BCUT2D eigenvalue weighted by molar-refractivity contribution is 7.13. The minimum absolute atomic E-state index is 0.364. The van der Waals surface area contributed by atoms with Gasteiger partial charge in [-0.3, -0.25) is 4.98 Å². The number of aromatic nitrogens is 1. The van der Waals surface area contributed by atoms with Gasteiger partial charge in [0.2, 0.25) is 0 Å². The molecule has 1 aliphatic rings. The van der Waals surface area contributed by atoms with Gasteiger partial charge in [-0.25, -0.2) is 0 Å². The van der Waals surface area contributed by atoms with Crippen LogP contribution < -0.4 is 5.46 Å². The van der Waals surface area contributed by atoms with Crippen molar-refractivity contribution in [2.75, 3.05) is 0 Å². The van der Waals surface area contributed by atoms with E-state index in [0.29, 0.717) is 5.02 Å². The van der Waals surface area contributed by atoms with E-state index in [0.717, 1.165) is 15.9 Å². The van der Waals surface area contributed by atoms with Gasteiger partial charge >= 0.3 is 7.12 Å². The lowest BCUT2D eigenvalue weighted by Crippen LogP contribution is -2.41. The van der Waals surface area contributed by atoms with Crippen molar-refractivity contribution in [1.82, 2.24) is 4.98 Å². The number of hydrogen-bond acceptors (Lipinski definition) is 4. The quantitative estimate of drug-likeness (QED) is 0.789. The van der Waals surface area contributed by atoms with Crippen molar-refractivity contribution in [3.63, 3.8) is 0 Å². The molecule has 21 heavy (non-hydrogen) atoms. The third-order valence-electron chi connectivity index (χ3n) is 4.22. The van der Waals surface area contributed by atoms with Crippen LogP contribution in [-0.4, -0.2) is 23.3 Å². The summed E-state index contributed by atoms with van der Waals surface area (Å²) in [6.45, 7) is 8.14. The van der Waals surface area contributed by atoms with Gasteiger partial charge in [-0.05, 0) is 39.3 Å². The summed E-state index contributed by atoms with van der Waals surface area (Å²) in [5, 5.41) is 0.652. The lowest BCUT2D eigenvalue weighted by atomic mass is 9.78. The first kappa shape index (κ1) is 15.0. The van der Waals surface area contributed by atoms with Gasteiger partial charge in [0.15, 0.2) is 0 Å². The van der Waals surface area contributed by atoms with E-state index in [1.54, 1.807) is 11.3 Å². The number of halogens is 1. The molecule has 1 aromatic heterocycles. The molecule has 0 aliphatic carbocycles. The summed E-state index contributed by atoms with van der Waals surface area (Å²) in [5.74, 6) is 0. The normalized spacial score (nSPS) is 20.0. The molecule has 110 valence electrons. The average molecular weight is 322 g/mol. The number of rotatable bonds is 2. The summed E-state index contributed by atoms with van der Waals surface area (Å²) in [4.78, 5) is 5.19. The standard InChI is InChI=1S/C15H17BClNO2S/c1-14(2)15(3,4)20-16(19-14)11-6-5-10(7-12(11)17)13-8-18-9-21-13/h5-9H,1-4H3. The van der Waals surface area contributed by atoms with Gasteiger partial charge in [0.1, 0.15) is 0 Å². The summed E-state index contributed by atoms with van der Waals surface area (Å²) in [5.41, 5.74) is 3.01. The summed E-state index contributed by atoms with van der Waals surface area (Å²) in [7, 11) is -0.432. The number of benzene rings is 1. The van der Waals surface area contributed by atoms with Crippen molar-refractivity contribution in [3.8, 4) is 10.4 Å². The first-order valence-corrected chi connectivity index (χ1v) is 8.10. The summed E-state index contributed by atoms with van der Waals surface area (Å²) in [6, 6.07) is 5.94. The van der Waals surface area contributed by atoms with Crippen LogP contribution in [0.3, 0.4) is 0 Å². The van der Waals surface area contributed by atoms with Crippen LogP contribution in [0.15, 0.2) is 29.9 Å². The van der Waals surface area contributed by atoms with Crippen LogP contribution in [0.4, 0.5) is 0 Å². The van der Waals surface area contributed by atoms with Crippen LogP contribution in [0.2, 0.25) is 5.02 Å². The molecule has 0 N–H and O–H groups in total. The van der Waals surface area contributed by atoms with Crippen LogP contribution >= 0.6 is 22.9 Å². The number of thiazole rings is 1. The van der Waals surface area contributed by atoms with E-state index < -0.39 is 7.12 Å². The fraction of sp³-hybridized carbons (Fsp3) is 0.400. The molecule has 3 rings (SSSR count). The van der Waals surface area contributed by atoms with Crippen molar-refractivity contribution in [2.24, 2.45) is 0 Å². The second-order valence-electron chi connectivity index (χ2n) is 6.19. The highest BCUT2D eigenvalue weighted by Crippen LogP contribution is 2.37. The van der Waals surface area contributed by atoms with E-state index in [4.69, 9.17) is 20.9 Å². The lowest BCUT2D eigenvalue weighted by molar-refractivity contribution is 0.00578. The van der Waals surface area contributed by atoms with Gasteiger partial charge < -0.3 is 9.31 Å². The molecule has 1 saturated heterocycles. The maximum atomic E-state index is 6.44. The Morgan fingerprint density at radius 1 is 1.14 bits per heavy atom. The van der Waals surface area contributed by atoms with Gasteiger partial charge in [0, 0.05) is 16.7 Å². The van der Waals surface area contributed by atoms with E-state index in [9.17, 15) is 0 Å². The fourth-order valence-corrected chi connectivity index (χ4v) is 3.09. The van der Waals surface area contributed by atoms with E-state index in [1.165, 1.54) is 0 Å². The van der Waals surface area contributed by atoms with Crippen LogP contribution in [0, 0.1) is 0 Å². The SMILES string of the molecule is CC1(C)OB(c2ccc(-c3cncs3)cc2Cl)OC1(C)C. The van der Waals surface area contributed by atoms with Crippen molar-refractivity contribution in [2.45, 2.75) is 38.9 Å². The first-order chi connectivity index (χ1) is 9.80. The molecule has 1 aliphatic heterocycles. The molecule has 2 aromatic rings. The zero-order chi connectivity index (χ0) is 15.3. The van der Waals surface area contributed by atoms with Crippen LogP contribution in [-0.2, 0) is 9.31 Å². The van der Waals surface area contributed by atoms with Gasteiger partial charge in [0.05, 0.1) is 21.6 Å². The third-order valence-corrected chi connectivity index (χ3v) is 5.37. The van der Waals surface area contributed by atoms with Crippen molar-refractivity contribution in [3.05, 3.63) is 34.9 Å². The van der Waals surface area contributed by atoms with Crippen LogP contribution in [0.1, 0.15) is 27.7 Å². The number of nitrogens with zero attached hydrogens (tertiary/aromatic N) is 1. The summed E-state index contributed by atoms with van der Waals surface area (Å²) >= 11 is 8.03. The molecule has 0 spiro atoms. The minimum atomic E-state index is -0.432. The molecule has 3 nitrogen and oxygen atoms in total. The molecule has 6 heteroatoms. The average Bonchev–Trinajstić information content (AvgIpc) is 2.96. The van der Waals surface area contributed by atoms with Crippen molar-refractivity contribution in [1.29, 1.82) is 0 Å². The first-order valence-electron chi connectivity index (χ1n) is 6.84. The molecule has 0 saturated carbocycles. The van der Waals surface area contributed by atoms with Gasteiger partial charge in [-0.2, -0.15) is 0 Å². The topological polar surface area (TPSA) is 31.4 Å². The zero-order valence-electron chi connectivity index (χ0n) is 12.5. The highest BCUT2D eigenvalue weighted by atomic mass is 35.5. The van der Waals surface area contributed by atoms with Crippen molar-refractivity contribution >= 4 is 35.5 Å². The maximum absolute atomic E-state index is 6.44. The predicted octanol–water partition coefficient (Wildman–Crippen LogP) is 3.76. The molecular formula is C15H17BClNO2S. The second kappa shape index (κ2) is 5.09. The highest BCUT2D eigenvalue weighted by Gasteiger charge is 2.52. The molecule has 0 bridgehead atoms. The van der Waals surface area contributed by atoms with Gasteiger partial charge in [-0.15, -0.1) is 11.3 Å². The van der Waals surface area contributed by atoms with E-state index >= 15 is 0 Å². The molecule has 0 atom stereocenters. The Hall–Kier alpha value is -0.875. The van der Waals surface area contributed by atoms with Crippen LogP contribution in [0.25, 0.3) is 10.4 Å². The molecule has 0 unspecified atom stereocenters. The Balaban J connectivity index is 1.91. The smallest absolute Gasteiger partial charge is 0.399 e. The maximum Gasteiger partial charge on any atom is 0.496 e. The zero-order valence-corrected chi connectivity index (χ0v) is 14.1. The largest absolute Gasteiger partial charge is 0.496 e. The minimum Gasteiger partial charge on any atom is -0.399 e. The molecule has 0 radical (unpaired) electrons. The summed E-state index contributed by atoms with van der Waals surface area (Å²) < 4.78 is 12.1. The van der Waals surface area contributed by atoms with Gasteiger partial charge in [-0.1, -0.05) is 23.7 Å². The molecule has 1 aromatic carbocycles. The molecular weight excluding hydrogens is 305 g/mol. The molecule has 2 heterocycles. The monoisotopic (exact) mass is 321 g/mol. The van der Waals surface area contributed by atoms with E-state index in [1.807, 2.05) is 57.6 Å². The Bertz CT molecular complexity index is 642. The fourth-order valence-electron chi connectivity index (χ4n) is 2.20. The third kappa shape index (κ3) is 2.64. The Labute approximate surface area is 134 Å². The lowest BCUT2D eigenvalue weighted by Gasteiger charge is -2.32. The van der Waals surface area contributed by atoms with Gasteiger partial charge in [0.25, 0.3) is 0 Å². The number of hydrogen-bond donors (Lipinski definition) is 0. The molecule has 1 fully saturated rings. The van der Waals surface area contributed by atoms with Crippen molar-refractivity contribution < 1.29 is 9.31 Å². The Morgan fingerprint density at radius 2 is 1.81 bits per heavy atom.